The van der Waals surface area contributed by atoms with Gasteiger partial charge >= 0.3 is 6.18 Å². The van der Waals surface area contributed by atoms with Crippen molar-refractivity contribution in [2.75, 3.05) is 0 Å². The van der Waals surface area contributed by atoms with Crippen molar-refractivity contribution >= 4 is 0 Å². The molecular weight excluding hydrogens is 231 g/mol. The molecule has 0 aromatic carbocycles. The molecule has 0 aliphatic heterocycles. The predicted octanol–water partition coefficient (Wildman–Crippen LogP) is 2.63. The van der Waals surface area contributed by atoms with Crippen LogP contribution in [-0.2, 0) is 13.6 Å². The third kappa shape index (κ3) is 6.31. The molecule has 98 valence electrons. The Morgan fingerprint density at radius 3 is 2.71 bits per heavy atom. The molecule has 1 atom stereocenters. The van der Waals surface area contributed by atoms with Crippen molar-refractivity contribution in [2.45, 2.75) is 44.9 Å². The zero-order valence-corrected chi connectivity index (χ0v) is 10.1. The molecular formula is C11H18F3N3. The van der Waals surface area contributed by atoms with E-state index in [4.69, 9.17) is 0 Å². The van der Waals surface area contributed by atoms with Gasteiger partial charge in [-0.25, -0.2) is 0 Å². The van der Waals surface area contributed by atoms with Crippen LogP contribution in [0.3, 0.4) is 0 Å². The van der Waals surface area contributed by atoms with Crippen molar-refractivity contribution in [1.29, 1.82) is 0 Å². The van der Waals surface area contributed by atoms with Crippen LogP contribution in [0.5, 0.6) is 0 Å². The second-order valence-electron chi connectivity index (χ2n) is 4.31. The van der Waals surface area contributed by atoms with E-state index in [0.717, 1.165) is 5.56 Å². The van der Waals surface area contributed by atoms with Crippen LogP contribution >= 0.6 is 0 Å². The monoisotopic (exact) mass is 249 g/mol. The quantitative estimate of drug-likeness (QED) is 0.840. The fourth-order valence-corrected chi connectivity index (χ4v) is 1.57. The summed E-state index contributed by atoms with van der Waals surface area (Å²) in [5, 5.41) is 7.19. The molecule has 17 heavy (non-hydrogen) atoms. The summed E-state index contributed by atoms with van der Waals surface area (Å²) in [5.74, 6) is 0. The van der Waals surface area contributed by atoms with E-state index >= 15 is 0 Å². The molecule has 0 fully saturated rings. The molecule has 0 spiro atoms. The Kier molecular flexibility index (Phi) is 4.99. The normalized spacial score (nSPS) is 13.9. The minimum absolute atomic E-state index is 0.0811. The summed E-state index contributed by atoms with van der Waals surface area (Å²) in [6.07, 6.45) is -0.412. The lowest BCUT2D eigenvalue weighted by Crippen LogP contribution is -2.25. The van der Waals surface area contributed by atoms with Gasteiger partial charge in [-0.3, -0.25) is 4.68 Å². The predicted molar refractivity (Wildman–Crippen MR) is 59.4 cm³/mol. The van der Waals surface area contributed by atoms with Gasteiger partial charge in [0.05, 0.1) is 6.20 Å². The third-order valence-corrected chi connectivity index (χ3v) is 2.51. The number of hydrogen-bond donors (Lipinski definition) is 1. The second kappa shape index (κ2) is 6.05. The smallest absolute Gasteiger partial charge is 0.310 e. The molecule has 1 aromatic heterocycles. The molecule has 0 aliphatic rings. The van der Waals surface area contributed by atoms with Crippen LogP contribution in [0.25, 0.3) is 0 Å². The van der Waals surface area contributed by atoms with Gasteiger partial charge in [-0.05, 0) is 19.8 Å². The van der Waals surface area contributed by atoms with Gasteiger partial charge in [0.25, 0.3) is 0 Å². The van der Waals surface area contributed by atoms with Crippen molar-refractivity contribution in [3.8, 4) is 0 Å². The Morgan fingerprint density at radius 1 is 1.47 bits per heavy atom. The molecule has 1 aromatic rings. The second-order valence-corrected chi connectivity index (χ2v) is 4.31. The van der Waals surface area contributed by atoms with Gasteiger partial charge in [-0.1, -0.05) is 0 Å². The molecule has 1 rings (SSSR count). The first-order valence-corrected chi connectivity index (χ1v) is 5.64. The van der Waals surface area contributed by atoms with Crippen LogP contribution in [0.4, 0.5) is 13.2 Å². The summed E-state index contributed by atoms with van der Waals surface area (Å²) in [7, 11) is 1.83. The third-order valence-electron chi connectivity index (χ3n) is 2.51. The molecule has 0 aliphatic carbocycles. The zero-order valence-electron chi connectivity index (χ0n) is 10.1. The fraction of sp³-hybridized carbons (Fsp3) is 0.727. The highest BCUT2D eigenvalue weighted by Crippen LogP contribution is 2.22. The SMILES string of the molecule is CC(CCCC(F)(F)F)NCc1cnn(C)c1. The maximum atomic E-state index is 11.9. The van der Waals surface area contributed by atoms with Crippen molar-refractivity contribution in [2.24, 2.45) is 7.05 Å². The van der Waals surface area contributed by atoms with Gasteiger partial charge in [0.15, 0.2) is 0 Å². The minimum atomic E-state index is -4.04. The minimum Gasteiger partial charge on any atom is -0.310 e. The number of aromatic nitrogens is 2. The molecule has 0 saturated heterocycles. The molecule has 6 heteroatoms. The van der Waals surface area contributed by atoms with E-state index in [0.29, 0.717) is 13.0 Å². The Labute approximate surface area is 99.0 Å². The number of nitrogens with one attached hydrogen (secondary N) is 1. The number of aryl methyl sites for hydroxylation is 1. The van der Waals surface area contributed by atoms with Crippen LogP contribution < -0.4 is 5.32 Å². The first-order chi connectivity index (χ1) is 7.87. The summed E-state index contributed by atoms with van der Waals surface area (Å²) in [5.41, 5.74) is 1.04. The van der Waals surface area contributed by atoms with Crippen molar-refractivity contribution in [3.63, 3.8) is 0 Å². The van der Waals surface area contributed by atoms with Crippen LogP contribution in [0.15, 0.2) is 12.4 Å². The van der Waals surface area contributed by atoms with E-state index in [1.165, 1.54) is 0 Å². The van der Waals surface area contributed by atoms with Crippen molar-refractivity contribution in [3.05, 3.63) is 18.0 Å². The molecule has 1 N–H and O–H groups in total. The Balaban J connectivity index is 2.15. The highest BCUT2D eigenvalue weighted by molar-refractivity contribution is 5.02. The zero-order chi connectivity index (χ0) is 12.9. The van der Waals surface area contributed by atoms with Gasteiger partial charge in [0.2, 0.25) is 0 Å². The number of nitrogens with zero attached hydrogens (tertiary/aromatic N) is 2. The molecule has 0 saturated carbocycles. The van der Waals surface area contributed by atoms with Gasteiger partial charge in [-0.15, -0.1) is 0 Å². The molecule has 0 radical (unpaired) electrons. The van der Waals surface area contributed by atoms with Crippen LogP contribution in [-0.4, -0.2) is 22.0 Å². The Morgan fingerprint density at radius 2 is 2.18 bits per heavy atom. The lowest BCUT2D eigenvalue weighted by atomic mass is 10.1. The van der Waals surface area contributed by atoms with E-state index in [1.54, 1.807) is 10.9 Å². The summed E-state index contributed by atoms with van der Waals surface area (Å²) in [6, 6.07) is 0.0811. The molecule has 1 heterocycles. The molecule has 0 bridgehead atoms. The number of alkyl halides is 3. The summed E-state index contributed by atoms with van der Waals surface area (Å²) >= 11 is 0. The van der Waals surface area contributed by atoms with Gasteiger partial charge in [0, 0.05) is 37.8 Å². The summed E-state index contributed by atoms with van der Waals surface area (Å²) in [4.78, 5) is 0. The number of hydrogen-bond acceptors (Lipinski definition) is 2. The van der Waals surface area contributed by atoms with Gasteiger partial charge in [-0.2, -0.15) is 18.3 Å². The highest BCUT2D eigenvalue weighted by Gasteiger charge is 2.26. The average molecular weight is 249 g/mol. The van der Waals surface area contributed by atoms with E-state index < -0.39 is 12.6 Å². The van der Waals surface area contributed by atoms with Crippen LogP contribution in [0, 0.1) is 0 Å². The summed E-state index contributed by atoms with van der Waals surface area (Å²) < 4.78 is 37.5. The first-order valence-electron chi connectivity index (χ1n) is 5.64. The van der Waals surface area contributed by atoms with E-state index in [2.05, 4.69) is 10.4 Å². The van der Waals surface area contributed by atoms with Crippen LogP contribution in [0.2, 0.25) is 0 Å². The van der Waals surface area contributed by atoms with Crippen LogP contribution in [0.1, 0.15) is 31.7 Å². The number of halogens is 3. The topological polar surface area (TPSA) is 29.9 Å². The molecule has 0 amide bonds. The van der Waals surface area contributed by atoms with E-state index in [9.17, 15) is 13.2 Å². The van der Waals surface area contributed by atoms with Gasteiger partial charge < -0.3 is 5.32 Å². The molecule has 1 unspecified atom stereocenters. The molecule has 3 nitrogen and oxygen atoms in total. The number of rotatable bonds is 6. The van der Waals surface area contributed by atoms with Gasteiger partial charge in [0.1, 0.15) is 0 Å². The first kappa shape index (κ1) is 14.0. The fourth-order valence-electron chi connectivity index (χ4n) is 1.57. The lowest BCUT2D eigenvalue weighted by Gasteiger charge is -2.13. The van der Waals surface area contributed by atoms with E-state index in [1.807, 2.05) is 20.2 Å². The maximum absolute atomic E-state index is 11.9. The maximum Gasteiger partial charge on any atom is 0.389 e. The summed E-state index contributed by atoms with van der Waals surface area (Å²) in [6.45, 7) is 2.54. The van der Waals surface area contributed by atoms with E-state index in [-0.39, 0.29) is 12.5 Å². The average Bonchev–Trinajstić information content (AvgIpc) is 2.59. The Hall–Kier alpha value is -1.04. The highest BCUT2D eigenvalue weighted by atomic mass is 19.4. The Bertz CT molecular complexity index is 333. The largest absolute Gasteiger partial charge is 0.389 e. The van der Waals surface area contributed by atoms with Crippen molar-refractivity contribution in [1.82, 2.24) is 15.1 Å². The van der Waals surface area contributed by atoms with Crippen molar-refractivity contribution < 1.29 is 13.2 Å². The lowest BCUT2D eigenvalue weighted by molar-refractivity contribution is -0.135. The standard InChI is InChI=1S/C11H18F3N3/c1-9(4-3-5-11(12,13)14)15-6-10-7-16-17(2)8-10/h7-9,15H,3-6H2,1-2H3.